The van der Waals surface area contributed by atoms with Gasteiger partial charge in [0.1, 0.15) is 115 Å². The van der Waals surface area contributed by atoms with Crippen LogP contribution in [0.3, 0.4) is 0 Å². The number of ether oxygens (including phenoxy) is 2. The third kappa shape index (κ3) is 28.6. The van der Waals surface area contributed by atoms with E-state index < -0.39 is 0 Å². The van der Waals surface area contributed by atoms with Crippen LogP contribution in [0.25, 0.3) is 66.2 Å². The number of hydrogen-bond acceptors (Lipinski definition) is 33. The first-order valence-corrected chi connectivity index (χ1v) is 49.3. The number of amides is 2. The van der Waals surface area contributed by atoms with E-state index in [4.69, 9.17) is 52.0 Å². The fourth-order valence-corrected chi connectivity index (χ4v) is 17.1. The van der Waals surface area contributed by atoms with Gasteiger partial charge < -0.3 is 98.3 Å². The van der Waals surface area contributed by atoms with Gasteiger partial charge in [-0.2, -0.15) is 4.98 Å². The van der Waals surface area contributed by atoms with Gasteiger partial charge in [-0.3, -0.25) is 24.5 Å². The number of hydrogen-bond donors (Lipinski definition) is 8. The molecule has 19 heterocycles. The predicted molar refractivity (Wildman–Crippen MR) is 570 cm³/mol. The molecule has 1 aliphatic heterocycles. The fourth-order valence-electron chi connectivity index (χ4n) is 16.7. The number of unbranched alkanes of at least 4 members (excludes halogenated alkanes) is 1. The molecule has 43 heteroatoms. The van der Waals surface area contributed by atoms with Gasteiger partial charge in [-0.05, 0) is 179 Å². The largest absolute Gasteiger partial charge is 0.383 e. The Kier molecular flexibility index (Phi) is 36.2. The number of aromatic nitrogens is 24. The number of pyridine rings is 3. The summed E-state index contributed by atoms with van der Waals surface area (Å²) in [6.45, 7) is 30.2. The van der Waals surface area contributed by atoms with Crippen LogP contribution in [-0.4, -0.2) is 214 Å². The van der Waals surface area contributed by atoms with E-state index >= 15 is 0 Å². The number of nitrogens with two attached hydrogens (primary N) is 1. The van der Waals surface area contributed by atoms with Crippen molar-refractivity contribution in [2.24, 2.45) is 0 Å². The Labute approximate surface area is 860 Å². The van der Waals surface area contributed by atoms with Gasteiger partial charge >= 0.3 is 0 Å². The number of likely N-dealkylation sites (N-methyl/N-ethyl adjacent to an activating group) is 2. The van der Waals surface area contributed by atoms with E-state index in [1.807, 2.05) is 187 Å². The van der Waals surface area contributed by atoms with Gasteiger partial charge in [-0.15, -0.1) is 0 Å². The number of aryl methyl sites for hydroxylation is 8. The van der Waals surface area contributed by atoms with E-state index in [1.165, 1.54) is 37.1 Å². The molecule has 1 fully saturated rings. The van der Waals surface area contributed by atoms with Crippen molar-refractivity contribution in [1.29, 1.82) is 0 Å². The molecule has 0 spiro atoms. The Balaban J connectivity index is 0.000000133. The molecule has 2 amide bonds. The molecule has 0 aliphatic carbocycles. The zero-order valence-electron chi connectivity index (χ0n) is 85.3. The van der Waals surface area contributed by atoms with Crippen molar-refractivity contribution in [2.45, 2.75) is 166 Å². The van der Waals surface area contributed by atoms with Crippen LogP contribution in [0.4, 0.5) is 40.9 Å². The highest BCUT2D eigenvalue weighted by Gasteiger charge is 2.23. The maximum absolute atomic E-state index is 11.9. The van der Waals surface area contributed by atoms with E-state index in [1.54, 1.807) is 64.8 Å². The summed E-state index contributed by atoms with van der Waals surface area (Å²) in [5, 5.41) is 35.9. The van der Waals surface area contributed by atoms with Crippen molar-refractivity contribution in [3.63, 3.8) is 0 Å². The molecule has 147 heavy (non-hydrogen) atoms. The van der Waals surface area contributed by atoms with Crippen molar-refractivity contribution in [2.75, 3.05) is 112 Å². The van der Waals surface area contributed by atoms with E-state index in [2.05, 4.69) is 194 Å². The maximum Gasteiger partial charge on any atom is 0.241 e. The number of carbonyl (C=O) groups excluding carboxylic acids is 2. The molecule has 0 unspecified atom stereocenters. The van der Waals surface area contributed by atoms with Gasteiger partial charge in [0.05, 0.1) is 102 Å². The molecule has 1 aromatic carbocycles. The Hall–Kier alpha value is -16.0. The van der Waals surface area contributed by atoms with E-state index in [0.29, 0.717) is 85.9 Å². The van der Waals surface area contributed by atoms with Gasteiger partial charge in [0.15, 0.2) is 34.9 Å². The third-order valence-electron chi connectivity index (χ3n) is 23.6. The summed E-state index contributed by atoms with van der Waals surface area (Å²) in [6, 6.07) is 41.4. The van der Waals surface area contributed by atoms with Gasteiger partial charge in [0.2, 0.25) is 17.8 Å². The molecule has 0 bridgehead atoms. The number of anilines is 7. The van der Waals surface area contributed by atoms with Crippen LogP contribution in [0.5, 0.6) is 0 Å². The fraction of sp³-hybridized carbons (Fsp3) is 0.346. The molecule has 1 aliphatic rings. The number of methoxy groups -OCH3 is 2. The summed E-state index contributed by atoms with van der Waals surface area (Å²) in [5.74, 6) is 10.7. The molecule has 9 N–H and O–H groups in total. The Morgan fingerprint density at radius 2 is 0.891 bits per heavy atom. The van der Waals surface area contributed by atoms with E-state index in [9.17, 15) is 9.59 Å². The maximum atomic E-state index is 11.9. The summed E-state index contributed by atoms with van der Waals surface area (Å²) in [4.78, 5) is 94.6. The topological polar surface area (TPSA) is 470 Å². The first kappa shape index (κ1) is 105. The molecule has 18 aromatic heterocycles. The second-order valence-electron chi connectivity index (χ2n) is 35.5. The van der Waals surface area contributed by atoms with Crippen LogP contribution in [0, 0.1) is 55.4 Å². The zero-order valence-corrected chi connectivity index (χ0v) is 86.8. The second-order valence-corrected chi connectivity index (χ2v) is 36.3. The highest BCUT2D eigenvalue weighted by Crippen LogP contribution is 2.32. The van der Waals surface area contributed by atoms with Crippen molar-refractivity contribution in [3.05, 3.63) is 279 Å². The first-order chi connectivity index (χ1) is 71.2. The van der Waals surface area contributed by atoms with Gasteiger partial charge in [-0.1, -0.05) is 88.4 Å². The minimum absolute atomic E-state index is 0.000486. The molecule has 1 atom stereocenters. The number of nitrogen functional groups attached to an aromatic ring is 1. The average Bonchev–Trinajstić information content (AvgIpc) is 1.73. The smallest absolute Gasteiger partial charge is 0.241 e. The normalized spacial score (nSPS) is 12.0. The molecule has 20 rings (SSSR count). The first-order valence-electron chi connectivity index (χ1n) is 48.5. The third-order valence-corrected chi connectivity index (χ3v) is 24.0. The molecule has 19 aromatic rings. The Morgan fingerprint density at radius 1 is 0.442 bits per heavy atom. The second kappa shape index (κ2) is 50.5. The van der Waals surface area contributed by atoms with Crippen molar-refractivity contribution >= 4 is 142 Å². The quantitative estimate of drug-likeness (QED) is 0.0135. The Bertz CT molecular complexity index is 7450. The van der Waals surface area contributed by atoms with Gasteiger partial charge in [0, 0.05) is 141 Å². The number of nitrogens with zero attached hydrogens (tertiary/aromatic N) is 26. The summed E-state index contributed by atoms with van der Waals surface area (Å²) < 4.78 is 37.8. The number of likely N-dealkylation sites (tertiary alicyclic amines) is 1. The van der Waals surface area contributed by atoms with E-state index in [0.717, 1.165) is 197 Å². The molecule has 0 saturated carbocycles. The SMILES string of the molecule is CCCCNc1nc(C)nc2ccn(CC(=O)NC)c12.COCCNc1nc(C)nc2ccn(CC(=O)N(C)C)c12.COCCn1ccc2nc(N)nc(N[C@@H](C)c3ccccn3)c21.Cc1nc(NCc2cc(C)on2)c2c(ccn2Cc2cc(Cl)ccn2)n1.Cc1nc(NCc2cc(C)on2)c2c(ccn2Cc2cccc(CN3CCCC3)c2)n1.Cc1nc(NCc2cc(C)on2)c2c(ccn2Cc2cccc(Cl)n2)n1. The summed E-state index contributed by atoms with van der Waals surface area (Å²) in [5.41, 5.74) is 24.3. The Morgan fingerprint density at radius 3 is 1.35 bits per heavy atom. The van der Waals surface area contributed by atoms with Crippen molar-refractivity contribution in [3.8, 4) is 0 Å². The highest BCUT2D eigenvalue weighted by atomic mass is 35.5. The van der Waals surface area contributed by atoms with Gasteiger partial charge in [0.25, 0.3) is 0 Å². The van der Waals surface area contributed by atoms with Crippen LogP contribution < -0.4 is 43.0 Å². The number of benzene rings is 1. The van der Waals surface area contributed by atoms with E-state index in [-0.39, 0.29) is 36.9 Å². The van der Waals surface area contributed by atoms with Crippen LogP contribution in [0.15, 0.2) is 191 Å². The minimum Gasteiger partial charge on any atom is -0.383 e. The summed E-state index contributed by atoms with van der Waals surface area (Å²) >= 11 is 12.1. The van der Waals surface area contributed by atoms with Crippen LogP contribution in [-0.2, 0) is 84.5 Å². The minimum atomic E-state index is -0.0393. The standard InChI is InChI=1S/C24H28N6O.2C18H17ClN6O.C16H20N6O.C14H21N5O2.C14H21N5O/c1-17-12-21(28-31-17)14-25-24-23-22(26-18(2)27-24)8-11-30(23)16-20-7-5-6-19(13-20)15-29-9-3-4-10-29;1-11-7-14(24-26-11)9-21-18-17-16(22-12(2)23-18)4-6-25(17)10-15-8-13(19)3-5-20-15;1-11-8-14(24-26-11)9-20-18-17-15(21-12(2)22-18)6-7-25(17)10-13-4-3-5-16(19)23-13;1-11(12-5-3-4-7-18-12)19-15-14-13(20-16(17)21-15)6-8-22(14)9-10-23-2;1-10-16-11-5-7-19(9-12(20)18(2)3)13(11)14(17-10)15-6-8-21-4;1-4-5-7-16-14-13-11(17-10(2)18-14)6-8-19(13)9-12(20)15-3/h5-8,11-13H,3-4,9-10,14-16H2,1-2H3,(H,25,26,27);3-8H,9-10H2,1-2H3,(H,21,22,23);3-8H,9-10H2,1-2H3,(H,20,21,22);3-8,11H,9-10H2,1-2H3,(H3,17,19,20,21);5,7H,6,8-9H2,1-4H3,(H,15,16,17);6,8H,4-5,7,9H2,1-3H3,(H,15,20)(H,16,17,18)/t;;;11-;;/m...0../s1. The molecular formula is C104H124Cl2N34O7. The summed E-state index contributed by atoms with van der Waals surface area (Å²) in [7, 11) is 8.46. The van der Waals surface area contributed by atoms with Crippen molar-refractivity contribution < 1.29 is 32.6 Å². The molecular weight excluding hydrogens is 1910 g/mol. The lowest BCUT2D eigenvalue weighted by Gasteiger charge is -2.16. The molecule has 1 saturated heterocycles. The number of rotatable bonds is 35. The van der Waals surface area contributed by atoms with Crippen molar-refractivity contribution in [1.82, 2.24) is 133 Å². The molecule has 766 valence electrons. The summed E-state index contributed by atoms with van der Waals surface area (Å²) in [6.07, 6.45) is 20.1. The average molecular weight is 2030 g/mol. The lowest BCUT2D eigenvalue weighted by atomic mass is 10.1. The lowest BCUT2D eigenvalue weighted by molar-refractivity contribution is -0.129. The van der Waals surface area contributed by atoms with Gasteiger partial charge in [-0.25, -0.2) is 59.8 Å². The number of carbonyl (C=O) groups is 2. The monoisotopic (exact) mass is 2030 g/mol. The lowest BCUT2D eigenvalue weighted by Crippen LogP contribution is -2.26. The van der Waals surface area contributed by atoms with Crippen LogP contribution >= 0.6 is 23.2 Å². The predicted octanol–water partition coefficient (Wildman–Crippen LogP) is 16.6. The molecule has 41 nitrogen and oxygen atoms in total. The molecule has 0 radical (unpaired) electrons. The number of halogens is 2. The van der Waals surface area contributed by atoms with Crippen LogP contribution in [0.2, 0.25) is 10.2 Å². The highest BCUT2D eigenvalue weighted by molar-refractivity contribution is 6.30. The number of nitrogens with one attached hydrogen (secondary N) is 7. The van der Waals surface area contributed by atoms with Crippen LogP contribution in [0.1, 0.15) is 137 Å². The number of fused-ring (bicyclic) bond motifs is 6. The zero-order chi connectivity index (χ0) is 104.